The predicted octanol–water partition coefficient (Wildman–Crippen LogP) is 4.86. The quantitative estimate of drug-likeness (QED) is 0.609. The third-order valence-corrected chi connectivity index (χ3v) is 5.31. The number of aromatic nitrogens is 2. The van der Waals surface area contributed by atoms with Gasteiger partial charge in [-0.3, -0.25) is 0 Å². The van der Waals surface area contributed by atoms with Gasteiger partial charge < -0.3 is 9.73 Å². The molecule has 7 heteroatoms. The van der Waals surface area contributed by atoms with E-state index in [0.29, 0.717) is 16.3 Å². The van der Waals surface area contributed by atoms with Gasteiger partial charge >= 0.3 is 0 Å². The first-order chi connectivity index (χ1) is 9.06. The molecule has 0 unspecified atom stereocenters. The van der Waals surface area contributed by atoms with Crippen molar-refractivity contribution < 1.29 is 4.42 Å². The smallest absolute Gasteiger partial charge is 0.198 e. The number of hydrogen-bond donors (Lipinski definition) is 1. The van der Waals surface area contributed by atoms with Gasteiger partial charge in [0.2, 0.25) is 0 Å². The predicted molar refractivity (Wildman–Crippen MR) is 91.4 cm³/mol. The zero-order valence-electron chi connectivity index (χ0n) is 10.4. The Hall–Kier alpha value is -0.150. The fourth-order valence-electron chi connectivity index (χ4n) is 1.58. The molecule has 4 nitrogen and oxygen atoms in total. The van der Waals surface area contributed by atoms with Gasteiger partial charge in [-0.05, 0) is 67.8 Å². The van der Waals surface area contributed by atoms with Crippen molar-refractivity contribution in [2.75, 3.05) is 11.9 Å². The van der Waals surface area contributed by atoms with Crippen molar-refractivity contribution in [3.05, 3.63) is 24.5 Å². The maximum atomic E-state index is 5.59. The van der Waals surface area contributed by atoms with Crippen LogP contribution in [0.1, 0.15) is 19.5 Å². The molecule has 0 bridgehead atoms. The van der Waals surface area contributed by atoms with E-state index in [4.69, 9.17) is 4.42 Å². The highest BCUT2D eigenvalue weighted by Crippen LogP contribution is 2.32. The molecule has 102 valence electrons. The minimum absolute atomic E-state index is 0.597. The molecule has 0 aliphatic carbocycles. The molecule has 0 saturated carbocycles. The maximum absolute atomic E-state index is 5.59. The van der Waals surface area contributed by atoms with Gasteiger partial charge in [0, 0.05) is 12.6 Å². The molecule has 0 fully saturated rings. The Bertz CT molecular complexity index is 581. The van der Waals surface area contributed by atoms with Crippen molar-refractivity contribution in [2.24, 2.45) is 0 Å². The zero-order valence-corrected chi connectivity index (χ0v) is 15.8. The first-order valence-corrected chi connectivity index (χ1v) is 8.48. The van der Waals surface area contributed by atoms with E-state index >= 15 is 0 Å². The molecule has 2 rings (SSSR count). The van der Waals surface area contributed by atoms with Crippen molar-refractivity contribution in [2.45, 2.75) is 20.3 Å². The summed E-state index contributed by atoms with van der Waals surface area (Å²) in [5.41, 5.74) is 1.02. The molecule has 0 aliphatic rings. The lowest BCUT2D eigenvalue weighted by molar-refractivity contribution is 0.549. The summed E-state index contributed by atoms with van der Waals surface area (Å²) in [5, 5.41) is 3.26. The van der Waals surface area contributed by atoms with Crippen LogP contribution < -0.4 is 5.32 Å². The average Bonchev–Trinajstić information content (AvgIpc) is 2.72. The number of anilines is 1. The second-order valence-electron chi connectivity index (χ2n) is 3.77. The van der Waals surface area contributed by atoms with Gasteiger partial charge in [0.15, 0.2) is 16.3 Å². The Kier molecular flexibility index (Phi) is 5.24. The van der Waals surface area contributed by atoms with Crippen molar-refractivity contribution in [1.82, 2.24) is 9.97 Å². The van der Waals surface area contributed by atoms with E-state index in [1.54, 1.807) is 0 Å². The van der Waals surface area contributed by atoms with E-state index in [0.717, 1.165) is 32.5 Å². The van der Waals surface area contributed by atoms with Crippen molar-refractivity contribution in [3.63, 3.8) is 0 Å². The Labute approximate surface area is 142 Å². The zero-order chi connectivity index (χ0) is 14.0. The van der Waals surface area contributed by atoms with E-state index in [1.807, 2.05) is 13.0 Å². The number of furan rings is 1. The fourth-order valence-corrected chi connectivity index (χ4v) is 2.97. The molecular formula is C12H12Br2IN3O. The van der Waals surface area contributed by atoms with Crippen LogP contribution in [0.2, 0.25) is 0 Å². The van der Waals surface area contributed by atoms with Crippen LogP contribution >= 0.6 is 54.5 Å². The number of nitrogens with one attached hydrogen (secondary N) is 1. The molecule has 0 spiro atoms. The standard InChI is InChI=1S/C12H12Br2IN3O/c1-3-7-9(15)12(16-4-2)18-11(17-7)8-5-6(13)10(14)19-8/h5H,3-4H2,1-2H3,(H,16,17,18). The summed E-state index contributed by atoms with van der Waals surface area (Å²) in [5.74, 6) is 2.09. The third-order valence-electron chi connectivity index (χ3n) is 2.46. The Balaban J connectivity index is 2.54. The molecule has 0 aliphatic heterocycles. The monoisotopic (exact) mass is 499 g/mol. The van der Waals surface area contributed by atoms with Crippen LogP contribution in [-0.2, 0) is 6.42 Å². The second-order valence-corrected chi connectivity index (χ2v) is 6.43. The van der Waals surface area contributed by atoms with E-state index in [-0.39, 0.29) is 0 Å². The first kappa shape index (κ1) is 15.2. The summed E-state index contributed by atoms with van der Waals surface area (Å²) in [6.45, 7) is 4.95. The van der Waals surface area contributed by atoms with E-state index in [2.05, 4.69) is 76.7 Å². The van der Waals surface area contributed by atoms with Crippen molar-refractivity contribution in [3.8, 4) is 11.6 Å². The summed E-state index contributed by atoms with van der Waals surface area (Å²) in [7, 11) is 0. The molecule has 0 aromatic carbocycles. The summed E-state index contributed by atoms with van der Waals surface area (Å²) in [6, 6.07) is 1.86. The average molecular weight is 501 g/mol. The maximum Gasteiger partial charge on any atom is 0.198 e. The van der Waals surface area contributed by atoms with Gasteiger partial charge in [-0.2, -0.15) is 0 Å². The molecule has 2 heterocycles. The molecule has 0 amide bonds. The number of nitrogens with zero attached hydrogens (tertiary/aromatic N) is 2. The molecule has 2 aromatic rings. The molecular weight excluding hydrogens is 489 g/mol. The number of aryl methyl sites for hydroxylation is 1. The molecule has 19 heavy (non-hydrogen) atoms. The van der Waals surface area contributed by atoms with Crippen LogP contribution in [0.4, 0.5) is 5.82 Å². The highest BCUT2D eigenvalue weighted by molar-refractivity contribution is 14.1. The lowest BCUT2D eigenvalue weighted by Gasteiger charge is -2.10. The molecule has 2 aromatic heterocycles. The minimum Gasteiger partial charge on any atom is -0.445 e. The van der Waals surface area contributed by atoms with Gasteiger partial charge in [-0.1, -0.05) is 6.92 Å². The fraction of sp³-hybridized carbons (Fsp3) is 0.333. The van der Waals surface area contributed by atoms with Gasteiger partial charge in [-0.15, -0.1) is 0 Å². The highest BCUT2D eigenvalue weighted by Gasteiger charge is 2.16. The van der Waals surface area contributed by atoms with E-state index in [1.165, 1.54) is 0 Å². The Morgan fingerprint density at radius 2 is 2.05 bits per heavy atom. The van der Waals surface area contributed by atoms with Crippen LogP contribution in [0.5, 0.6) is 0 Å². The van der Waals surface area contributed by atoms with E-state index < -0.39 is 0 Å². The largest absolute Gasteiger partial charge is 0.445 e. The number of halogens is 3. The summed E-state index contributed by atoms with van der Waals surface area (Å²) < 4.78 is 8.15. The van der Waals surface area contributed by atoms with Crippen molar-refractivity contribution in [1.29, 1.82) is 0 Å². The van der Waals surface area contributed by atoms with Gasteiger partial charge in [0.1, 0.15) is 5.82 Å². The van der Waals surface area contributed by atoms with Crippen LogP contribution in [0.3, 0.4) is 0 Å². The van der Waals surface area contributed by atoms with Crippen LogP contribution in [0.15, 0.2) is 19.6 Å². The molecule has 0 saturated heterocycles. The molecule has 0 radical (unpaired) electrons. The van der Waals surface area contributed by atoms with Crippen LogP contribution in [0, 0.1) is 3.57 Å². The number of hydrogen-bond acceptors (Lipinski definition) is 4. The number of rotatable bonds is 4. The Morgan fingerprint density at radius 1 is 1.32 bits per heavy atom. The summed E-state index contributed by atoms with van der Waals surface area (Å²) >= 11 is 9.00. The molecule has 1 N–H and O–H groups in total. The second kappa shape index (κ2) is 6.53. The SMILES string of the molecule is CCNc1nc(-c2cc(Br)c(Br)o2)nc(CC)c1I. The van der Waals surface area contributed by atoms with E-state index in [9.17, 15) is 0 Å². The van der Waals surface area contributed by atoms with Crippen LogP contribution in [0.25, 0.3) is 11.6 Å². The lowest BCUT2D eigenvalue weighted by atomic mass is 10.3. The first-order valence-electron chi connectivity index (χ1n) is 5.82. The topological polar surface area (TPSA) is 51.0 Å². The third kappa shape index (κ3) is 3.30. The van der Waals surface area contributed by atoms with Crippen molar-refractivity contribution >= 4 is 60.3 Å². The van der Waals surface area contributed by atoms with Gasteiger partial charge in [0.25, 0.3) is 0 Å². The highest BCUT2D eigenvalue weighted by atomic mass is 127. The Morgan fingerprint density at radius 3 is 2.58 bits per heavy atom. The minimum atomic E-state index is 0.597. The lowest BCUT2D eigenvalue weighted by Crippen LogP contribution is -2.07. The summed E-state index contributed by atoms with van der Waals surface area (Å²) in [4.78, 5) is 9.09. The molecule has 0 atom stereocenters. The normalized spacial score (nSPS) is 10.8. The summed E-state index contributed by atoms with van der Waals surface area (Å²) in [6.07, 6.45) is 0.856. The van der Waals surface area contributed by atoms with Crippen LogP contribution in [-0.4, -0.2) is 16.5 Å². The van der Waals surface area contributed by atoms with Gasteiger partial charge in [0.05, 0.1) is 13.7 Å². The van der Waals surface area contributed by atoms with Gasteiger partial charge in [-0.25, -0.2) is 9.97 Å².